The molecule has 5 rings (SSSR count). The summed E-state index contributed by atoms with van der Waals surface area (Å²) in [7, 11) is 0. The van der Waals surface area contributed by atoms with Gasteiger partial charge in [-0.3, -0.25) is 14.5 Å². The predicted molar refractivity (Wildman–Crippen MR) is 134 cm³/mol. The van der Waals surface area contributed by atoms with Crippen molar-refractivity contribution in [2.45, 2.75) is 19.3 Å². The van der Waals surface area contributed by atoms with Crippen LogP contribution < -0.4 is 14.5 Å². The minimum Gasteiger partial charge on any atom is -0.507 e. The summed E-state index contributed by atoms with van der Waals surface area (Å²) in [6, 6.07) is 13.5. The number of carbonyl (C=O) groups is 2. The molecule has 0 saturated carbocycles. The average molecular weight is 540 g/mol. The Morgan fingerprint density at radius 2 is 1.64 bits per heavy atom. The Morgan fingerprint density at radius 1 is 0.974 bits per heavy atom. The molecule has 39 heavy (non-hydrogen) atoms. The molecule has 1 N–H and O–H groups in total. The molecule has 202 valence electrons. The standard InChI is InChI=1S/C27H23F3N4O5/c1-16-2-11-21(32-31-16)34-23(17-5-9-20(10-6-17)39-27(28,29)30)22(25(36)26(34)37)24(35)18-3-7-19(8-4-18)33-12-14-38-15-13-33/h2-11,23,35H,12-15H2,1H3/b24-22-. The number of ketones is 1. The van der Waals surface area contributed by atoms with E-state index >= 15 is 0 Å². The second-order valence-electron chi connectivity index (χ2n) is 8.97. The van der Waals surface area contributed by atoms with E-state index in [1.807, 2.05) is 0 Å². The SMILES string of the molecule is Cc1ccc(N2C(=O)C(=O)/C(=C(\O)c3ccc(N4CCOCC4)cc3)C2c2ccc(OC(F)(F)F)cc2)nn1. The average Bonchev–Trinajstić information content (AvgIpc) is 3.19. The second kappa shape index (κ2) is 10.4. The molecule has 2 fully saturated rings. The lowest BCUT2D eigenvalue weighted by Gasteiger charge is -2.29. The van der Waals surface area contributed by atoms with Gasteiger partial charge >= 0.3 is 12.3 Å². The van der Waals surface area contributed by atoms with Crippen molar-refractivity contribution in [3.05, 3.63) is 83.1 Å². The number of benzene rings is 2. The van der Waals surface area contributed by atoms with Crippen LogP contribution in [0.1, 0.15) is 22.9 Å². The number of nitrogens with zero attached hydrogens (tertiary/aromatic N) is 4. The van der Waals surface area contributed by atoms with Crippen LogP contribution in [0, 0.1) is 6.92 Å². The molecule has 2 aromatic carbocycles. The maximum Gasteiger partial charge on any atom is 0.573 e. The smallest absolute Gasteiger partial charge is 0.507 e. The maximum atomic E-state index is 13.3. The third kappa shape index (κ3) is 5.41. The van der Waals surface area contributed by atoms with Crippen molar-refractivity contribution < 1.29 is 37.3 Å². The number of rotatable bonds is 5. The van der Waals surface area contributed by atoms with Crippen molar-refractivity contribution in [3.63, 3.8) is 0 Å². The van der Waals surface area contributed by atoms with Gasteiger partial charge in [0.25, 0.3) is 5.78 Å². The number of anilines is 2. The van der Waals surface area contributed by atoms with Gasteiger partial charge in [0, 0.05) is 24.3 Å². The third-order valence-corrected chi connectivity index (χ3v) is 6.42. The summed E-state index contributed by atoms with van der Waals surface area (Å²) in [5.74, 6) is -2.78. The number of aliphatic hydroxyl groups excluding tert-OH is 1. The van der Waals surface area contributed by atoms with Gasteiger partial charge in [-0.1, -0.05) is 12.1 Å². The Balaban J connectivity index is 1.57. The molecule has 1 aromatic heterocycles. The highest BCUT2D eigenvalue weighted by Crippen LogP contribution is 2.42. The number of ether oxygens (including phenoxy) is 2. The van der Waals surface area contributed by atoms with E-state index < -0.39 is 35.6 Å². The Labute approximate surface area is 221 Å². The summed E-state index contributed by atoms with van der Waals surface area (Å²) in [5, 5.41) is 19.3. The molecule has 2 aliphatic heterocycles. The van der Waals surface area contributed by atoms with E-state index in [0.29, 0.717) is 37.6 Å². The van der Waals surface area contributed by atoms with Crippen LogP contribution in [-0.4, -0.2) is 59.7 Å². The molecule has 0 spiro atoms. The molecule has 1 amide bonds. The molecule has 2 saturated heterocycles. The Hall–Kier alpha value is -4.45. The van der Waals surface area contributed by atoms with E-state index in [2.05, 4.69) is 19.8 Å². The molecule has 0 aliphatic carbocycles. The number of hydrogen-bond acceptors (Lipinski definition) is 8. The van der Waals surface area contributed by atoms with Crippen molar-refractivity contribution in [1.82, 2.24) is 10.2 Å². The number of halogens is 3. The molecule has 1 unspecified atom stereocenters. The molecule has 0 radical (unpaired) electrons. The van der Waals surface area contributed by atoms with Crippen LogP contribution in [-0.2, 0) is 14.3 Å². The van der Waals surface area contributed by atoms with Crippen LogP contribution in [0.4, 0.5) is 24.7 Å². The quantitative estimate of drug-likeness (QED) is 0.293. The number of amides is 1. The lowest BCUT2D eigenvalue weighted by molar-refractivity contribution is -0.274. The Kier molecular flexibility index (Phi) is 6.96. The minimum absolute atomic E-state index is 0.0463. The summed E-state index contributed by atoms with van der Waals surface area (Å²) in [6.07, 6.45) is -4.89. The molecule has 0 bridgehead atoms. The second-order valence-corrected chi connectivity index (χ2v) is 8.97. The first-order valence-electron chi connectivity index (χ1n) is 12.0. The van der Waals surface area contributed by atoms with Gasteiger partial charge in [-0.2, -0.15) is 5.10 Å². The molecule has 1 atom stereocenters. The van der Waals surface area contributed by atoms with Gasteiger partial charge in [0.15, 0.2) is 5.82 Å². The van der Waals surface area contributed by atoms with Crippen LogP contribution in [0.25, 0.3) is 5.76 Å². The van der Waals surface area contributed by atoms with E-state index in [0.717, 1.165) is 22.7 Å². The summed E-state index contributed by atoms with van der Waals surface area (Å²) >= 11 is 0. The highest BCUT2D eigenvalue weighted by Gasteiger charge is 2.47. The van der Waals surface area contributed by atoms with Crippen molar-refractivity contribution in [2.75, 3.05) is 36.1 Å². The highest BCUT2D eigenvalue weighted by molar-refractivity contribution is 6.51. The lowest BCUT2D eigenvalue weighted by Crippen LogP contribution is -2.36. The fraction of sp³-hybridized carbons (Fsp3) is 0.259. The van der Waals surface area contributed by atoms with Gasteiger partial charge < -0.3 is 19.5 Å². The largest absolute Gasteiger partial charge is 0.573 e. The van der Waals surface area contributed by atoms with Crippen LogP contribution in [0.5, 0.6) is 5.75 Å². The fourth-order valence-corrected chi connectivity index (χ4v) is 4.56. The van der Waals surface area contributed by atoms with E-state index in [1.54, 1.807) is 37.3 Å². The number of alkyl halides is 3. The minimum atomic E-state index is -4.89. The first-order chi connectivity index (χ1) is 18.6. The number of aromatic nitrogens is 2. The zero-order chi connectivity index (χ0) is 27.7. The maximum absolute atomic E-state index is 13.3. The molecular formula is C27H23F3N4O5. The summed E-state index contributed by atoms with van der Waals surface area (Å²) in [5.41, 5.74) is 1.80. The normalized spacial score (nSPS) is 19.4. The topological polar surface area (TPSA) is 105 Å². The number of morpholine rings is 1. The van der Waals surface area contributed by atoms with E-state index in [-0.39, 0.29) is 17.0 Å². The van der Waals surface area contributed by atoms with Crippen LogP contribution in [0.2, 0.25) is 0 Å². The molecule has 9 nitrogen and oxygen atoms in total. The van der Waals surface area contributed by atoms with Gasteiger partial charge in [0.2, 0.25) is 0 Å². The lowest BCUT2D eigenvalue weighted by atomic mass is 9.95. The highest BCUT2D eigenvalue weighted by atomic mass is 19.4. The Bertz CT molecular complexity index is 1400. The summed E-state index contributed by atoms with van der Waals surface area (Å²) in [4.78, 5) is 29.7. The Morgan fingerprint density at radius 3 is 2.23 bits per heavy atom. The first-order valence-corrected chi connectivity index (χ1v) is 12.0. The zero-order valence-electron chi connectivity index (χ0n) is 20.7. The molecule has 2 aliphatic rings. The van der Waals surface area contributed by atoms with Crippen molar-refractivity contribution >= 4 is 29.0 Å². The van der Waals surface area contributed by atoms with Crippen LogP contribution in [0.3, 0.4) is 0 Å². The van der Waals surface area contributed by atoms with Gasteiger partial charge in [-0.05, 0) is 61.0 Å². The first kappa shape index (κ1) is 26.2. The van der Waals surface area contributed by atoms with E-state index in [4.69, 9.17) is 4.74 Å². The molecule has 3 aromatic rings. The van der Waals surface area contributed by atoms with Crippen molar-refractivity contribution in [1.29, 1.82) is 0 Å². The molecule has 12 heteroatoms. The van der Waals surface area contributed by atoms with Crippen molar-refractivity contribution in [3.8, 4) is 5.75 Å². The van der Waals surface area contributed by atoms with E-state index in [1.165, 1.54) is 18.2 Å². The fourth-order valence-electron chi connectivity index (χ4n) is 4.56. The summed E-state index contributed by atoms with van der Waals surface area (Å²) < 4.78 is 47.4. The van der Waals surface area contributed by atoms with Gasteiger partial charge in [-0.25, -0.2) is 0 Å². The monoisotopic (exact) mass is 540 g/mol. The van der Waals surface area contributed by atoms with Crippen LogP contribution >= 0.6 is 0 Å². The van der Waals surface area contributed by atoms with E-state index in [9.17, 15) is 27.9 Å². The molecule has 3 heterocycles. The van der Waals surface area contributed by atoms with Gasteiger partial charge in [-0.15, -0.1) is 18.3 Å². The van der Waals surface area contributed by atoms with Gasteiger partial charge in [0.1, 0.15) is 11.5 Å². The number of aryl methyl sites for hydroxylation is 1. The number of carbonyl (C=O) groups excluding carboxylic acids is 2. The number of hydrogen-bond donors (Lipinski definition) is 1. The predicted octanol–water partition coefficient (Wildman–Crippen LogP) is 4.15. The zero-order valence-corrected chi connectivity index (χ0v) is 20.7. The van der Waals surface area contributed by atoms with Crippen LogP contribution in [0.15, 0.2) is 66.2 Å². The summed E-state index contributed by atoms with van der Waals surface area (Å²) in [6.45, 7) is 4.31. The van der Waals surface area contributed by atoms with Crippen molar-refractivity contribution in [2.24, 2.45) is 0 Å². The third-order valence-electron chi connectivity index (χ3n) is 6.42. The molecular weight excluding hydrogens is 517 g/mol. The van der Waals surface area contributed by atoms with Gasteiger partial charge in [0.05, 0.1) is 30.5 Å². The number of aliphatic hydroxyl groups is 1. The number of Topliss-reactive ketones (excluding diaryl/α,β-unsaturated/α-hetero) is 1.